The highest BCUT2D eigenvalue weighted by atomic mass is 19.4. The quantitative estimate of drug-likeness (QED) is 0.835. The highest BCUT2D eigenvalue weighted by Gasteiger charge is 2.58. The van der Waals surface area contributed by atoms with Crippen molar-refractivity contribution >= 4 is 0 Å². The SMILES string of the molecule is CO[C@@]1(C)C[C@@H](N(C)Cc2nccn2CC(F)(F)F)C1(C)C. The fraction of sp³-hybridized carbons (Fsp3) is 0.800. The first-order chi connectivity index (χ1) is 10.00. The van der Waals surface area contributed by atoms with Crippen LogP contribution in [-0.2, 0) is 17.8 Å². The molecule has 0 unspecified atom stereocenters. The number of imidazole rings is 1. The molecule has 4 nitrogen and oxygen atoms in total. The van der Waals surface area contributed by atoms with Crippen molar-refractivity contribution in [1.29, 1.82) is 0 Å². The number of hydrogen-bond acceptors (Lipinski definition) is 3. The van der Waals surface area contributed by atoms with Crippen LogP contribution in [0, 0.1) is 5.41 Å². The molecule has 0 amide bonds. The number of methoxy groups -OCH3 is 1. The standard InChI is InChI=1S/C15H24F3N3O/c1-13(2)11(8-14(13,3)22-5)20(4)9-12-19-6-7-21(12)10-15(16,17)18/h6-7,11H,8-10H2,1-5H3/t11-,14+/m1/s1. The van der Waals surface area contributed by atoms with Crippen molar-refractivity contribution in [3.05, 3.63) is 18.2 Å². The number of hydrogen-bond donors (Lipinski definition) is 0. The van der Waals surface area contributed by atoms with Gasteiger partial charge in [0.2, 0.25) is 0 Å². The maximum Gasteiger partial charge on any atom is 0.406 e. The maximum atomic E-state index is 12.6. The van der Waals surface area contributed by atoms with E-state index >= 15 is 0 Å². The Hall–Kier alpha value is -1.08. The fourth-order valence-corrected chi connectivity index (χ4v) is 3.32. The molecule has 0 N–H and O–H groups in total. The van der Waals surface area contributed by atoms with E-state index in [4.69, 9.17) is 4.74 Å². The lowest BCUT2D eigenvalue weighted by atomic mass is 9.55. The van der Waals surface area contributed by atoms with Crippen LogP contribution >= 0.6 is 0 Å². The summed E-state index contributed by atoms with van der Waals surface area (Å²) in [6, 6.07) is 0.244. The second-order valence-electron chi connectivity index (χ2n) is 6.88. The van der Waals surface area contributed by atoms with Gasteiger partial charge < -0.3 is 9.30 Å². The second kappa shape index (κ2) is 5.53. The van der Waals surface area contributed by atoms with Crippen molar-refractivity contribution in [3.8, 4) is 0 Å². The third-order valence-corrected chi connectivity index (χ3v) is 5.30. The molecule has 1 aromatic heterocycles. The van der Waals surface area contributed by atoms with Crippen LogP contribution in [0.4, 0.5) is 13.2 Å². The van der Waals surface area contributed by atoms with Gasteiger partial charge in [-0.05, 0) is 20.4 Å². The highest BCUT2D eigenvalue weighted by molar-refractivity contribution is 5.12. The Bertz CT molecular complexity index is 526. The average Bonchev–Trinajstić information content (AvgIpc) is 2.80. The number of alkyl halides is 3. The Labute approximate surface area is 129 Å². The summed E-state index contributed by atoms with van der Waals surface area (Å²) in [5.74, 6) is 0.432. The number of aromatic nitrogens is 2. The van der Waals surface area contributed by atoms with E-state index in [9.17, 15) is 13.2 Å². The van der Waals surface area contributed by atoms with Crippen molar-refractivity contribution in [2.45, 2.75) is 58.1 Å². The van der Waals surface area contributed by atoms with Crippen LogP contribution in [-0.4, -0.2) is 46.4 Å². The lowest BCUT2D eigenvalue weighted by molar-refractivity contribution is -0.207. The van der Waals surface area contributed by atoms with E-state index in [1.165, 1.54) is 12.4 Å². The lowest BCUT2D eigenvalue weighted by Gasteiger charge is -2.61. The summed E-state index contributed by atoms with van der Waals surface area (Å²) in [6.45, 7) is 5.71. The zero-order valence-corrected chi connectivity index (χ0v) is 13.7. The van der Waals surface area contributed by atoms with Gasteiger partial charge in [-0.25, -0.2) is 4.98 Å². The van der Waals surface area contributed by atoms with E-state index in [1.807, 2.05) is 7.05 Å². The van der Waals surface area contributed by atoms with Gasteiger partial charge in [0.05, 0.1) is 12.1 Å². The summed E-state index contributed by atoms with van der Waals surface area (Å²) in [5, 5.41) is 0. The molecule has 1 aliphatic rings. The maximum absolute atomic E-state index is 12.6. The molecule has 1 heterocycles. The summed E-state index contributed by atoms with van der Waals surface area (Å²) in [7, 11) is 3.63. The molecule has 126 valence electrons. The van der Waals surface area contributed by atoms with Gasteiger partial charge >= 0.3 is 6.18 Å². The molecule has 1 fully saturated rings. The van der Waals surface area contributed by atoms with E-state index < -0.39 is 12.7 Å². The Balaban J connectivity index is 2.05. The largest absolute Gasteiger partial charge is 0.406 e. The molecule has 1 aromatic rings. The number of ether oxygens (including phenoxy) is 1. The van der Waals surface area contributed by atoms with Crippen LogP contribution in [0.3, 0.4) is 0 Å². The molecule has 1 saturated carbocycles. The number of halogens is 3. The normalized spacial score (nSPS) is 28.0. The molecular formula is C15H24F3N3O. The summed E-state index contributed by atoms with van der Waals surface area (Å²) < 4.78 is 44.5. The Morgan fingerprint density at radius 3 is 2.55 bits per heavy atom. The van der Waals surface area contributed by atoms with Crippen molar-refractivity contribution in [2.24, 2.45) is 5.41 Å². The van der Waals surface area contributed by atoms with Gasteiger partial charge in [-0.2, -0.15) is 13.2 Å². The summed E-state index contributed by atoms with van der Waals surface area (Å²) >= 11 is 0. The average molecular weight is 319 g/mol. The van der Waals surface area contributed by atoms with Crippen LogP contribution in [0.15, 0.2) is 12.4 Å². The molecule has 2 atom stereocenters. The molecule has 0 aromatic carbocycles. The molecule has 0 bridgehead atoms. The molecule has 0 radical (unpaired) electrons. The minimum absolute atomic E-state index is 0.0715. The van der Waals surface area contributed by atoms with Crippen LogP contribution in [0.2, 0.25) is 0 Å². The van der Waals surface area contributed by atoms with Crippen LogP contribution in [0.5, 0.6) is 0 Å². The lowest BCUT2D eigenvalue weighted by Crippen LogP contribution is -2.67. The minimum atomic E-state index is -4.24. The molecule has 1 aliphatic carbocycles. The number of nitrogens with zero attached hydrogens (tertiary/aromatic N) is 3. The number of rotatable bonds is 5. The van der Waals surface area contributed by atoms with Gasteiger partial charge in [-0.15, -0.1) is 0 Å². The van der Waals surface area contributed by atoms with E-state index in [0.717, 1.165) is 11.0 Å². The van der Waals surface area contributed by atoms with Crippen molar-refractivity contribution in [1.82, 2.24) is 14.5 Å². The van der Waals surface area contributed by atoms with Crippen LogP contribution in [0.25, 0.3) is 0 Å². The second-order valence-corrected chi connectivity index (χ2v) is 6.88. The Kier molecular flexibility index (Phi) is 4.34. The van der Waals surface area contributed by atoms with Gasteiger partial charge in [0.1, 0.15) is 12.4 Å². The minimum Gasteiger partial charge on any atom is -0.378 e. The van der Waals surface area contributed by atoms with E-state index in [0.29, 0.717) is 12.4 Å². The van der Waals surface area contributed by atoms with Crippen LogP contribution in [0.1, 0.15) is 33.0 Å². The molecule has 2 rings (SSSR count). The summed E-state index contributed by atoms with van der Waals surface area (Å²) in [4.78, 5) is 6.14. The first-order valence-electron chi connectivity index (χ1n) is 7.32. The molecule has 7 heteroatoms. The fourth-order valence-electron chi connectivity index (χ4n) is 3.32. The van der Waals surface area contributed by atoms with Gasteiger partial charge in [0.25, 0.3) is 0 Å². The molecule has 0 spiro atoms. The highest BCUT2D eigenvalue weighted by Crippen LogP contribution is 2.53. The summed E-state index contributed by atoms with van der Waals surface area (Å²) in [6.07, 6.45) is -0.590. The van der Waals surface area contributed by atoms with E-state index in [2.05, 4.69) is 30.7 Å². The zero-order valence-electron chi connectivity index (χ0n) is 13.7. The molecule has 0 aliphatic heterocycles. The monoisotopic (exact) mass is 319 g/mol. The smallest absolute Gasteiger partial charge is 0.378 e. The third kappa shape index (κ3) is 3.01. The van der Waals surface area contributed by atoms with Crippen LogP contribution < -0.4 is 0 Å². The predicted molar refractivity (Wildman–Crippen MR) is 77.3 cm³/mol. The van der Waals surface area contributed by atoms with Gasteiger partial charge in [-0.1, -0.05) is 13.8 Å². The van der Waals surface area contributed by atoms with E-state index in [-0.39, 0.29) is 17.1 Å². The summed E-state index contributed by atoms with van der Waals surface area (Å²) in [5.41, 5.74) is -0.273. The Morgan fingerprint density at radius 2 is 2.05 bits per heavy atom. The predicted octanol–water partition coefficient (Wildman–Crippen LogP) is 3.08. The van der Waals surface area contributed by atoms with Gasteiger partial charge in [0, 0.05) is 31.0 Å². The van der Waals surface area contributed by atoms with Crippen molar-refractivity contribution in [2.75, 3.05) is 14.2 Å². The third-order valence-electron chi connectivity index (χ3n) is 5.30. The van der Waals surface area contributed by atoms with Gasteiger partial charge in [0.15, 0.2) is 0 Å². The molecular weight excluding hydrogens is 295 g/mol. The molecule has 0 saturated heterocycles. The molecule has 22 heavy (non-hydrogen) atoms. The van der Waals surface area contributed by atoms with Crippen molar-refractivity contribution in [3.63, 3.8) is 0 Å². The first kappa shape index (κ1) is 17.3. The topological polar surface area (TPSA) is 30.3 Å². The van der Waals surface area contributed by atoms with E-state index in [1.54, 1.807) is 7.11 Å². The Morgan fingerprint density at radius 1 is 1.41 bits per heavy atom. The van der Waals surface area contributed by atoms with Gasteiger partial charge in [-0.3, -0.25) is 4.90 Å². The van der Waals surface area contributed by atoms with Crippen molar-refractivity contribution < 1.29 is 17.9 Å². The zero-order chi connectivity index (χ0) is 16.8. The first-order valence-corrected chi connectivity index (χ1v) is 7.32.